The first-order chi connectivity index (χ1) is 7.17. The van der Waals surface area contributed by atoms with Crippen LogP contribution in [0.4, 0.5) is 0 Å². The van der Waals surface area contributed by atoms with Crippen LogP contribution in [-0.2, 0) is 14.4 Å². The zero-order valence-corrected chi connectivity index (χ0v) is 9.41. The van der Waals surface area contributed by atoms with Crippen molar-refractivity contribution in [2.75, 3.05) is 6.61 Å². The lowest BCUT2D eigenvalue weighted by atomic mass is 9.74. The number of rotatable bonds is 2. The molecule has 0 bridgehead atoms. The van der Waals surface area contributed by atoms with E-state index in [-0.39, 0.29) is 23.5 Å². The molecule has 0 spiro atoms. The highest BCUT2D eigenvalue weighted by Crippen LogP contribution is 2.42. The lowest BCUT2D eigenvalue weighted by molar-refractivity contribution is -0.147. The molecule has 0 radical (unpaired) electrons. The molecular formula is C11H19NO3. The highest BCUT2D eigenvalue weighted by Gasteiger charge is 2.51. The second-order valence-corrected chi connectivity index (χ2v) is 4.61. The molecule has 1 saturated heterocycles. The van der Waals surface area contributed by atoms with Gasteiger partial charge in [-0.1, -0.05) is 12.8 Å². The number of hydroxylamine groups is 1. The van der Waals surface area contributed by atoms with Gasteiger partial charge in [0.1, 0.15) is 6.04 Å². The van der Waals surface area contributed by atoms with Gasteiger partial charge in [-0.15, -0.1) is 0 Å². The van der Waals surface area contributed by atoms with Gasteiger partial charge < -0.3 is 4.74 Å². The van der Waals surface area contributed by atoms with E-state index >= 15 is 0 Å². The lowest BCUT2D eigenvalue weighted by Gasteiger charge is -2.34. The Balaban J connectivity index is 2.06. The van der Waals surface area contributed by atoms with Crippen molar-refractivity contribution >= 4 is 5.97 Å². The number of fused-ring (bicyclic) bond motifs is 1. The van der Waals surface area contributed by atoms with Crippen LogP contribution >= 0.6 is 0 Å². The zero-order chi connectivity index (χ0) is 10.9. The molecule has 4 nitrogen and oxygen atoms in total. The molecular weight excluding hydrogens is 194 g/mol. The summed E-state index contributed by atoms with van der Waals surface area (Å²) in [7, 11) is 0. The van der Waals surface area contributed by atoms with E-state index in [2.05, 4.69) is 12.4 Å². The van der Waals surface area contributed by atoms with E-state index in [0.717, 1.165) is 12.8 Å². The van der Waals surface area contributed by atoms with Gasteiger partial charge in [0.2, 0.25) is 0 Å². The molecule has 1 aliphatic carbocycles. The number of hydrogen-bond donors (Lipinski definition) is 1. The molecule has 2 fully saturated rings. The standard InChI is InChI=1S/C11H19NO3/c1-3-14-10(13)9-8-6-4-5-7-11(8,2)15-12-9/h8-9,12H,3-7H2,1-2H3/t8-,9-,11-/m1/s1. The Morgan fingerprint density at radius 1 is 1.60 bits per heavy atom. The maximum atomic E-state index is 11.7. The van der Waals surface area contributed by atoms with Crippen LogP contribution in [0.15, 0.2) is 0 Å². The highest BCUT2D eigenvalue weighted by molar-refractivity contribution is 5.76. The van der Waals surface area contributed by atoms with Gasteiger partial charge >= 0.3 is 5.97 Å². The molecule has 1 N–H and O–H groups in total. The van der Waals surface area contributed by atoms with Gasteiger partial charge in [0.15, 0.2) is 0 Å². The second-order valence-electron chi connectivity index (χ2n) is 4.61. The summed E-state index contributed by atoms with van der Waals surface area (Å²) in [4.78, 5) is 17.3. The average molecular weight is 213 g/mol. The Kier molecular flexibility index (Phi) is 2.98. The van der Waals surface area contributed by atoms with Crippen LogP contribution in [0, 0.1) is 5.92 Å². The Hall–Kier alpha value is -0.610. The Bertz CT molecular complexity index is 256. The molecule has 1 saturated carbocycles. The molecule has 86 valence electrons. The monoisotopic (exact) mass is 213 g/mol. The summed E-state index contributed by atoms with van der Waals surface area (Å²) >= 11 is 0. The number of hydrogen-bond acceptors (Lipinski definition) is 4. The van der Waals surface area contributed by atoms with E-state index in [0.29, 0.717) is 6.61 Å². The molecule has 0 aromatic carbocycles. The van der Waals surface area contributed by atoms with Crippen molar-refractivity contribution < 1.29 is 14.4 Å². The maximum absolute atomic E-state index is 11.7. The number of nitrogens with one attached hydrogen (secondary N) is 1. The highest BCUT2D eigenvalue weighted by atomic mass is 16.7. The summed E-state index contributed by atoms with van der Waals surface area (Å²) in [6, 6.07) is -0.268. The number of carbonyl (C=O) groups is 1. The van der Waals surface area contributed by atoms with Crippen molar-refractivity contribution in [2.45, 2.75) is 51.2 Å². The van der Waals surface area contributed by atoms with Crippen LogP contribution in [0.1, 0.15) is 39.5 Å². The summed E-state index contributed by atoms with van der Waals surface area (Å²) in [5.41, 5.74) is 2.68. The van der Waals surface area contributed by atoms with Crippen LogP contribution in [0.25, 0.3) is 0 Å². The predicted molar refractivity (Wildman–Crippen MR) is 55.0 cm³/mol. The van der Waals surface area contributed by atoms with Crippen LogP contribution < -0.4 is 5.48 Å². The third-order valence-electron chi connectivity index (χ3n) is 3.58. The fraction of sp³-hybridized carbons (Fsp3) is 0.909. The largest absolute Gasteiger partial charge is 0.465 e. The molecule has 0 unspecified atom stereocenters. The van der Waals surface area contributed by atoms with E-state index in [1.54, 1.807) is 0 Å². The van der Waals surface area contributed by atoms with Gasteiger partial charge in [-0.3, -0.25) is 9.63 Å². The molecule has 0 aromatic heterocycles. The normalized spacial score (nSPS) is 39.9. The summed E-state index contributed by atoms with van der Waals surface area (Å²) in [5.74, 6) is 0.0958. The molecule has 15 heavy (non-hydrogen) atoms. The van der Waals surface area contributed by atoms with Gasteiger partial charge in [-0.25, -0.2) is 0 Å². The van der Waals surface area contributed by atoms with Gasteiger partial charge in [0.25, 0.3) is 0 Å². The SMILES string of the molecule is CCOC(=O)[C@@H]1NO[C@]2(C)CCCC[C@H]12. The summed E-state index contributed by atoms with van der Waals surface area (Å²) in [6.45, 7) is 4.34. The fourth-order valence-corrected chi connectivity index (χ4v) is 2.70. The van der Waals surface area contributed by atoms with E-state index in [1.807, 2.05) is 6.92 Å². The van der Waals surface area contributed by atoms with Crippen LogP contribution in [0.2, 0.25) is 0 Å². The average Bonchev–Trinajstić information content (AvgIpc) is 2.55. The lowest BCUT2D eigenvalue weighted by Crippen LogP contribution is -2.42. The van der Waals surface area contributed by atoms with E-state index < -0.39 is 0 Å². The minimum atomic E-state index is -0.268. The van der Waals surface area contributed by atoms with Crippen molar-refractivity contribution in [2.24, 2.45) is 5.92 Å². The molecule has 3 atom stereocenters. The quantitative estimate of drug-likeness (QED) is 0.704. The first kappa shape index (κ1) is 10.9. The Labute approximate surface area is 90.3 Å². The third-order valence-corrected chi connectivity index (χ3v) is 3.58. The smallest absolute Gasteiger partial charge is 0.325 e. The van der Waals surface area contributed by atoms with Crippen molar-refractivity contribution in [3.8, 4) is 0 Å². The number of ether oxygens (including phenoxy) is 1. The summed E-state index contributed by atoms with van der Waals surface area (Å²) < 4.78 is 5.04. The third kappa shape index (κ3) is 1.88. The van der Waals surface area contributed by atoms with Crippen molar-refractivity contribution in [3.05, 3.63) is 0 Å². The van der Waals surface area contributed by atoms with E-state index in [9.17, 15) is 4.79 Å². The first-order valence-electron chi connectivity index (χ1n) is 5.77. The minimum absolute atomic E-state index is 0.171. The topological polar surface area (TPSA) is 47.6 Å². The molecule has 0 amide bonds. The Morgan fingerprint density at radius 3 is 3.13 bits per heavy atom. The molecule has 2 aliphatic rings. The first-order valence-corrected chi connectivity index (χ1v) is 5.77. The number of esters is 1. The summed E-state index contributed by atoms with van der Waals surface area (Å²) in [6.07, 6.45) is 4.44. The molecule has 2 rings (SSSR count). The molecule has 4 heteroatoms. The second kappa shape index (κ2) is 4.10. The minimum Gasteiger partial charge on any atom is -0.465 e. The van der Waals surface area contributed by atoms with Gasteiger partial charge in [0, 0.05) is 5.92 Å². The Morgan fingerprint density at radius 2 is 2.40 bits per heavy atom. The van der Waals surface area contributed by atoms with Gasteiger partial charge in [-0.2, -0.15) is 5.48 Å². The van der Waals surface area contributed by atoms with Gasteiger partial charge in [-0.05, 0) is 26.7 Å². The molecule has 0 aromatic rings. The predicted octanol–water partition coefficient (Wildman–Crippen LogP) is 1.40. The van der Waals surface area contributed by atoms with Crippen LogP contribution in [-0.4, -0.2) is 24.2 Å². The van der Waals surface area contributed by atoms with Crippen LogP contribution in [0.5, 0.6) is 0 Å². The maximum Gasteiger partial charge on any atom is 0.325 e. The van der Waals surface area contributed by atoms with Crippen molar-refractivity contribution in [3.63, 3.8) is 0 Å². The summed E-state index contributed by atoms with van der Waals surface area (Å²) in [5, 5.41) is 0. The fourth-order valence-electron chi connectivity index (χ4n) is 2.70. The van der Waals surface area contributed by atoms with Gasteiger partial charge in [0.05, 0.1) is 12.2 Å². The molecule has 1 heterocycles. The van der Waals surface area contributed by atoms with Crippen LogP contribution in [0.3, 0.4) is 0 Å². The number of carbonyl (C=O) groups excluding carboxylic acids is 1. The zero-order valence-electron chi connectivity index (χ0n) is 9.41. The molecule has 1 aliphatic heterocycles. The van der Waals surface area contributed by atoms with Crippen molar-refractivity contribution in [1.29, 1.82) is 0 Å². The van der Waals surface area contributed by atoms with E-state index in [1.165, 1.54) is 12.8 Å². The van der Waals surface area contributed by atoms with E-state index in [4.69, 9.17) is 9.57 Å². The van der Waals surface area contributed by atoms with Crippen molar-refractivity contribution in [1.82, 2.24) is 5.48 Å².